The van der Waals surface area contributed by atoms with Gasteiger partial charge in [0.2, 0.25) is 11.8 Å². The molecule has 2 amide bonds. The number of rotatable bonds is 11. The van der Waals surface area contributed by atoms with Crippen LogP contribution in [0.5, 0.6) is 0 Å². The molecular weight excluding hydrogens is 427 g/mol. The van der Waals surface area contributed by atoms with E-state index in [9.17, 15) is 14.0 Å². The van der Waals surface area contributed by atoms with E-state index < -0.39 is 0 Å². The Kier molecular flexibility index (Phi) is 9.84. The van der Waals surface area contributed by atoms with Gasteiger partial charge in [-0.15, -0.1) is 11.3 Å². The van der Waals surface area contributed by atoms with Crippen molar-refractivity contribution in [2.24, 2.45) is 5.41 Å². The van der Waals surface area contributed by atoms with Crippen LogP contribution in [0.15, 0.2) is 36.4 Å². The molecule has 2 rings (SSSR count). The molecule has 0 aliphatic rings. The number of amides is 2. The Morgan fingerprint density at radius 3 is 2.25 bits per heavy atom. The standard InChI is InChI=1S/C25H35FN2O3S/c1-19-7-12-22(32-19)17-28(16-20-8-10-21(26)11-9-20)24(30)18-27(13-6-14-31-5)23(29)15-25(2,3)4/h7-12H,6,13-18H2,1-5H3. The first-order valence-electron chi connectivity index (χ1n) is 10.9. The number of carbonyl (C=O) groups excluding carboxylic acids is 2. The molecule has 0 unspecified atom stereocenters. The van der Waals surface area contributed by atoms with Gasteiger partial charge in [-0.05, 0) is 48.6 Å². The summed E-state index contributed by atoms with van der Waals surface area (Å²) in [6.07, 6.45) is 1.04. The third kappa shape index (κ3) is 9.09. The van der Waals surface area contributed by atoms with Gasteiger partial charge >= 0.3 is 0 Å². The minimum atomic E-state index is -0.308. The fraction of sp³-hybridized carbons (Fsp3) is 0.520. The topological polar surface area (TPSA) is 49.9 Å². The van der Waals surface area contributed by atoms with Crippen molar-refractivity contribution < 1.29 is 18.7 Å². The molecule has 32 heavy (non-hydrogen) atoms. The highest BCUT2D eigenvalue weighted by molar-refractivity contribution is 7.11. The van der Waals surface area contributed by atoms with E-state index in [-0.39, 0.29) is 29.6 Å². The van der Waals surface area contributed by atoms with Crippen LogP contribution in [0.1, 0.15) is 48.9 Å². The Labute approximate surface area is 195 Å². The third-order valence-corrected chi connectivity index (χ3v) is 5.90. The van der Waals surface area contributed by atoms with Crippen molar-refractivity contribution in [2.75, 3.05) is 26.8 Å². The Morgan fingerprint density at radius 1 is 1.00 bits per heavy atom. The number of thiophene rings is 1. The van der Waals surface area contributed by atoms with E-state index in [0.717, 1.165) is 10.4 Å². The molecule has 0 aliphatic heterocycles. The van der Waals surface area contributed by atoms with Crippen LogP contribution in [0.4, 0.5) is 4.39 Å². The zero-order valence-electron chi connectivity index (χ0n) is 19.8. The van der Waals surface area contributed by atoms with Gasteiger partial charge in [0, 0.05) is 43.0 Å². The lowest BCUT2D eigenvalue weighted by Gasteiger charge is -2.29. The minimum absolute atomic E-state index is 0.0180. The van der Waals surface area contributed by atoms with E-state index in [4.69, 9.17) is 4.74 Å². The second kappa shape index (κ2) is 12.1. The van der Waals surface area contributed by atoms with Gasteiger partial charge in [0.1, 0.15) is 5.82 Å². The molecule has 0 radical (unpaired) electrons. The van der Waals surface area contributed by atoms with Crippen LogP contribution < -0.4 is 0 Å². The van der Waals surface area contributed by atoms with Crippen LogP contribution in [0.2, 0.25) is 0 Å². The Bertz CT molecular complexity index is 874. The lowest BCUT2D eigenvalue weighted by molar-refractivity contribution is -0.142. The lowest BCUT2D eigenvalue weighted by Crippen LogP contribution is -2.43. The van der Waals surface area contributed by atoms with Crippen molar-refractivity contribution in [3.63, 3.8) is 0 Å². The SMILES string of the molecule is COCCCN(CC(=O)N(Cc1ccc(F)cc1)Cc1ccc(C)s1)C(=O)CC(C)(C)C. The lowest BCUT2D eigenvalue weighted by atomic mass is 9.91. The molecule has 0 N–H and O–H groups in total. The van der Waals surface area contributed by atoms with Crippen LogP contribution in [0, 0.1) is 18.2 Å². The van der Waals surface area contributed by atoms with Gasteiger partial charge in [-0.3, -0.25) is 9.59 Å². The maximum Gasteiger partial charge on any atom is 0.242 e. The Hall–Kier alpha value is -2.25. The number of ether oxygens (including phenoxy) is 1. The van der Waals surface area contributed by atoms with Crippen molar-refractivity contribution in [2.45, 2.75) is 53.6 Å². The molecule has 0 fully saturated rings. The summed E-state index contributed by atoms with van der Waals surface area (Å²) in [6.45, 7) is 9.90. The number of benzene rings is 1. The summed E-state index contributed by atoms with van der Waals surface area (Å²) < 4.78 is 18.5. The molecule has 1 aromatic heterocycles. The normalized spacial score (nSPS) is 11.4. The number of halogens is 1. The number of aryl methyl sites for hydroxylation is 1. The smallest absolute Gasteiger partial charge is 0.242 e. The number of nitrogens with zero attached hydrogens (tertiary/aromatic N) is 2. The zero-order valence-corrected chi connectivity index (χ0v) is 20.6. The van der Waals surface area contributed by atoms with Crippen LogP contribution in [-0.4, -0.2) is 48.4 Å². The van der Waals surface area contributed by atoms with E-state index in [1.54, 1.807) is 40.4 Å². The van der Waals surface area contributed by atoms with Crippen molar-refractivity contribution >= 4 is 23.2 Å². The third-order valence-electron chi connectivity index (χ3n) is 4.92. The van der Waals surface area contributed by atoms with Gasteiger partial charge < -0.3 is 14.5 Å². The quantitative estimate of drug-likeness (QED) is 0.440. The monoisotopic (exact) mass is 462 g/mol. The molecule has 0 saturated heterocycles. The van der Waals surface area contributed by atoms with Gasteiger partial charge in [-0.25, -0.2) is 4.39 Å². The molecule has 0 bridgehead atoms. The van der Waals surface area contributed by atoms with Gasteiger partial charge in [-0.2, -0.15) is 0 Å². The fourth-order valence-corrected chi connectivity index (χ4v) is 4.23. The molecule has 1 aromatic carbocycles. The van der Waals surface area contributed by atoms with Crippen LogP contribution in [0.3, 0.4) is 0 Å². The minimum Gasteiger partial charge on any atom is -0.385 e. The summed E-state index contributed by atoms with van der Waals surface area (Å²) in [5.74, 6) is -0.465. The zero-order chi connectivity index (χ0) is 23.7. The van der Waals surface area contributed by atoms with Crippen LogP contribution >= 0.6 is 11.3 Å². The molecule has 176 valence electrons. The number of methoxy groups -OCH3 is 1. The molecule has 0 spiro atoms. The summed E-state index contributed by atoms with van der Waals surface area (Å²) >= 11 is 1.65. The molecule has 0 saturated carbocycles. The number of hydrogen-bond acceptors (Lipinski definition) is 4. The van der Waals surface area contributed by atoms with Crippen LogP contribution in [0.25, 0.3) is 0 Å². The first kappa shape index (κ1) is 26.0. The van der Waals surface area contributed by atoms with Crippen molar-refractivity contribution in [3.8, 4) is 0 Å². The first-order valence-corrected chi connectivity index (χ1v) is 11.7. The van der Waals surface area contributed by atoms with Crippen molar-refractivity contribution in [1.29, 1.82) is 0 Å². The molecule has 2 aromatic rings. The van der Waals surface area contributed by atoms with Crippen molar-refractivity contribution in [1.82, 2.24) is 9.80 Å². The van der Waals surface area contributed by atoms with Gasteiger partial charge in [0.05, 0.1) is 13.1 Å². The average molecular weight is 463 g/mol. The largest absolute Gasteiger partial charge is 0.385 e. The molecule has 0 atom stereocenters. The molecule has 7 heteroatoms. The van der Waals surface area contributed by atoms with Crippen LogP contribution in [-0.2, 0) is 27.4 Å². The molecule has 1 heterocycles. The van der Waals surface area contributed by atoms with Gasteiger partial charge in [0.15, 0.2) is 0 Å². The summed E-state index contributed by atoms with van der Waals surface area (Å²) in [6, 6.07) is 10.2. The number of carbonyl (C=O) groups is 2. The summed E-state index contributed by atoms with van der Waals surface area (Å²) in [5.41, 5.74) is 0.682. The fourth-order valence-electron chi connectivity index (χ4n) is 3.32. The molecular formula is C25H35FN2O3S. The highest BCUT2D eigenvalue weighted by Gasteiger charge is 2.25. The predicted molar refractivity (Wildman–Crippen MR) is 127 cm³/mol. The molecule has 0 aliphatic carbocycles. The van der Waals surface area contributed by atoms with Gasteiger partial charge in [0.25, 0.3) is 0 Å². The summed E-state index contributed by atoms with van der Waals surface area (Å²) in [4.78, 5) is 31.9. The van der Waals surface area contributed by atoms with E-state index in [2.05, 4.69) is 0 Å². The predicted octanol–water partition coefficient (Wildman–Crippen LogP) is 5.03. The van der Waals surface area contributed by atoms with Crippen molar-refractivity contribution in [3.05, 3.63) is 57.5 Å². The Morgan fingerprint density at radius 2 is 1.69 bits per heavy atom. The Balaban J connectivity index is 2.18. The highest BCUT2D eigenvalue weighted by Crippen LogP contribution is 2.21. The summed E-state index contributed by atoms with van der Waals surface area (Å²) in [7, 11) is 1.62. The van der Waals surface area contributed by atoms with E-state index in [0.29, 0.717) is 39.1 Å². The first-order chi connectivity index (χ1) is 15.1. The maximum absolute atomic E-state index is 13.4. The molecule has 5 nitrogen and oxygen atoms in total. The highest BCUT2D eigenvalue weighted by atomic mass is 32.1. The van der Waals surface area contributed by atoms with E-state index in [1.807, 2.05) is 39.8 Å². The number of hydrogen-bond donors (Lipinski definition) is 0. The second-order valence-corrected chi connectivity index (χ2v) is 10.7. The van der Waals surface area contributed by atoms with E-state index in [1.165, 1.54) is 17.0 Å². The van der Waals surface area contributed by atoms with Gasteiger partial charge in [-0.1, -0.05) is 32.9 Å². The van der Waals surface area contributed by atoms with E-state index >= 15 is 0 Å². The average Bonchev–Trinajstić information content (AvgIpc) is 3.11. The maximum atomic E-state index is 13.4. The summed E-state index contributed by atoms with van der Waals surface area (Å²) in [5, 5.41) is 0. The second-order valence-electron chi connectivity index (χ2n) is 9.29.